The van der Waals surface area contributed by atoms with Crippen LogP contribution in [0.4, 0.5) is 5.69 Å². The molecule has 4 heteroatoms. The summed E-state index contributed by atoms with van der Waals surface area (Å²) < 4.78 is 5.46. The molecule has 5 rings (SSSR count). The van der Waals surface area contributed by atoms with E-state index in [1.165, 1.54) is 17.5 Å². The number of anilines is 1. The molecule has 0 aromatic heterocycles. The van der Waals surface area contributed by atoms with Crippen molar-refractivity contribution in [2.45, 2.75) is 37.6 Å². The summed E-state index contributed by atoms with van der Waals surface area (Å²) in [7, 11) is 1.71. The molecule has 0 bridgehead atoms. The number of fused-ring (bicyclic) bond motifs is 3. The molecule has 3 atom stereocenters. The van der Waals surface area contributed by atoms with Gasteiger partial charge in [-0.25, -0.2) is 0 Å². The van der Waals surface area contributed by atoms with E-state index in [-0.39, 0.29) is 11.9 Å². The van der Waals surface area contributed by atoms with Crippen LogP contribution in [0, 0.1) is 5.92 Å². The Hall–Kier alpha value is -2.75. The van der Waals surface area contributed by atoms with Gasteiger partial charge in [0, 0.05) is 19.0 Å². The van der Waals surface area contributed by atoms with Gasteiger partial charge in [-0.1, -0.05) is 36.4 Å². The predicted octanol–water partition coefficient (Wildman–Crippen LogP) is 5.15. The van der Waals surface area contributed by atoms with Crippen LogP contribution in [-0.2, 0) is 0 Å². The second-order valence-electron chi connectivity index (χ2n) is 8.37. The molecule has 1 aliphatic carbocycles. The number of allylic oxidation sites excluding steroid dienone is 2. The monoisotopic (exact) mass is 388 g/mol. The lowest BCUT2D eigenvalue weighted by Gasteiger charge is -2.39. The summed E-state index contributed by atoms with van der Waals surface area (Å²) in [6.07, 6.45) is 9.10. The summed E-state index contributed by atoms with van der Waals surface area (Å²) in [4.78, 5) is 15.4. The first-order valence-electron chi connectivity index (χ1n) is 10.8. The van der Waals surface area contributed by atoms with E-state index < -0.39 is 0 Å². The number of nitrogens with one attached hydrogen (secondary N) is 1. The van der Waals surface area contributed by atoms with Crippen molar-refractivity contribution >= 4 is 11.6 Å². The third-order valence-electron chi connectivity index (χ3n) is 6.72. The summed E-state index contributed by atoms with van der Waals surface area (Å²) >= 11 is 0. The molecule has 2 aromatic rings. The number of benzene rings is 2. The normalized spacial score (nSPS) is 25.1. The van der Waals surface area contributed by atoms with Crippen molar-refractivity contribution in [1.29, 1.82) is 0 Å². The lowest BCUT2D eigenvalue weighted by atomic mass is 9.76. The van der Waals surface area contributed by atoms with Crippen LogP contribution in [-0.4, -0.2) is 31.0 Å². The maximum atomic E-state index is 13.4. The van der Waals surface area contributed by atoms with E-state index >= 15 is 0 Å². The highest BCUT2D eigenvalue weighted by Crippen LogP contribution is 2.51. The Kier molecular flexibility index (Phi) is 4.78. The molecule has 0 saturated carbocycles. The molecule has 3 unspecified atom stereocenters. The van der Waals surface area contributed by atoms with E-state index in [1.54, 1.807) is 7.11 Å². The number of hydrogen-bond acceptors (Lipinski definition) is 3. The van der Waals surface area contributed by atoms with Crippen LogP contribution >= 0.6 is 0 Å². The molecule has 4 nitrogen and oxygen atoms in total. The fraction of sp³-hybridized carbons (Fsp3) is 0.400. The van der Waals surface area contributed by atoms with Gasteiger partial charge in [-0.2, -0.15) is 0 Å². The van der Waals surface area contributed by atoms with Crippen LogP contribution in [0.3, 0.4) is 0 Å². The van der Waals surface area contributed by atoms with Gasteiger partial charge < -0.3 is 15.0 Å². The number of carbonyl (C=O) groups is 1. The number of nitrogens with zero attached hydrogens (tertiary/aromatic N) is 1. The smallest absolute Gasteiger partial charge is 0.255 e. The fourth-order valence-electron chi connectivity index (χ4n) is 5.23. The predicted molar refractivity (Wildman–Crippen MR) is 116 cm³/mol. The van der Waals surface area contributed by atoms with Crippen LogP contribution < -0.4 is 10.1 Å². The van der Waals surface area contributed by atoms with Gasteiger partial charge in [0.2, 0.25) is 0 Å². The first kappa shape index (κ1) is 18.3. The number of piperidine rings is 1. The van der Waals surface area contributed by atoms with Gasteiger partial charge in [-0.3, -0.25) is 4.79 Å². The van der Waals surface area contributed by atoms with Gasteiger partial charge in [0.15, 0.2) is 0 Å². The molecule has 3 aliphatic rings. The van der Waals surface area contributed by atoms with E-state index in [2.05, 4.69) is 35.7 Å². The van der Waals surface area contributed by atoms with Crippen molar-refractivity contribution < 1.29 is 9.53 Å². The largest absolute Gasteiger partial charge is 0.497 e. The summed E-state index contributed by atoms with van der Waals surface area (Å²) in [5, 5.41) is 3.78. The van der Waals surface area contributed by atoms with Crippen LogP contribution in [0.1, 0.15) is 59.1 Å². The summed E-state index contributed by atoms with van der Waals surface area (Å²) in [6, 6.07) is 14.7. The topological polar surface area (TPSA) is 41.6 Å². The van der Waals surface area contributed by atoms with E-state index in [0.717, 1.165) is 49.4 Å². The number of likely N-dealkylation sites (tertiary alicyclic amines) is 1. The number of carbonyl (C=O) groups excluding carboxylic acids is 1. The fourth-order valence-corrected chi connectivity index (χ4v) is 5.23. The number of amides is 1. The van der Waals surface area contributed by atoms with Gasteiger partial charge in [0.05, 0.1) is 24.4 Å². The van der Waals surface area contributed by atoms with Gasteiger partial charge in [0.25, 0.3) is 5.91 Å². The number of hydrogen-bond donors (Lipinski definition) is 1. The number of para-hydroxylation sites is 1. The average Bonchev–Trinajstić information content (AvgIpc) is 3.28. The lowest BCUT2D eigenvalue weighted by molar-refractivity contribution is 0.0725. The molecule has 2 heterocycles. The summed E-state index contributed by atoms with van der Waals surface area (Å²) in [6.45, 7) is 1.74. The highest BCUT2D eigenvalue weighted by molar-refractivity contribution is 6.01. The molecule has 0 radical (unpaired) electrons. The van der Waals surface area contributed by atoms with Gasteiger partial charge >= 0.3 is 0 Å². The maximum absolute atomic E-state index is 13.4. The molecular formula is C25H28N2O2. The zero-order valence-electron chi connectivity index (χ0n) is 16.9. The molecule has 150 valence electrons. The second kappa shape index (κ2) is 7.58. The third kappa shape index (κ3) is 3.21. The van der Waals surface area contributed by atoms with Crippen molar-refractivity contribution in [2.24, 2.45) is 5.92 Å². The molecule has 1 saturated heterocycles. The zero-order valence-corrected chi connectivity index (χ0v) is 16.9. The first-order valence-corrected chi connectivity index (χ1v) is 10.8. The van der Waals surface area contributed by atoms with Crippen LogP contribution in [0.15, 0.2) is 54.6 Å². The number of rotatable bonds is 3. The van der Waals surface area contributed by atoms with E-state index in [1.807, 2.05) is 29.2 Å². The van der Waals surface area contributed by atoms with Crippen LogP contribution in [0.5, 0.6) is 5.75 Å². The number of ether oxygens (including phenoxy) is 1. The van der Waals surface area contributed by atoms with Crippen molar-refractivity contribution in [3.8, 4) is 5.75 Å². The van der Waals surface area contributed by atoms with E-state index in [9.17, 15) is 4.79 Å². The minimum absolute atomic E-state index is 0.160. The van der Waals surface area contributed by atoms with E-state index in [4.69, 9.17) is 4.74 Å². The van der Waals surface area contributed by atoms with Crippen LogP contribution in [0.2, 0.25) is 0 Å². The Morgan fingerprint density at radius 2 is 1.93 bits per heavy atom. The molecule has 29 heavy (non-hydrogen) atoms. The Morgan fingerprint density at radius 1 is 1.10 bits per heavy atom. The Labute approximate surface area is 172 Å². The van der Waals surface area contributed by atoms with Crippen molar-refractivity contribution in [1.82, 2.24) is 4.90 Å². The minimum atomic E-state index is 0.160. The Bertz CT molecular complexity index is 946. The molecular weight excluding hydrogens is 360 g/mol. The van der Waals surface area contributed by atoms with Crippen molar-refractivity contribution in [3.63, 3.8) is 0 Å². The molecule has 1 amide bonds. The van der Waals surface area contributed by atoms with Crippen molar-refractivity contribution in [3.05, 3.63) is 71.3 Å². The van der Waals surface area contributed by atoms with Gasteiger partial charge in [-0.15, -0.1) is 0 Å². The maximum Gasteiger partial charge on any atom is 0.255 e. The minimum Gasteiger partial charge on any atom is -0.497 e. The summed E-state index contributed by atoms with van der Waals surface area (Å²) in [5.74, 6) is 1.83. The van der Waals surface area contributed by atoms with Gasteiger partial charge in [0.1, 0.15) is 5.75 Å². The second-order valence-corrected chi connectivity index (χ2v) is 8.37. The molecule has 1 N–H and O–H groups in total. The molecule has 0 spiro atoms. The molecule has 2 aliphatic heterocycles. The molecule has 1 fully saturated rings. The standard InChI is InChI=1S/C25H28N2O2/c1-29-18-9-5-8-17(16-18)23-20-11-6-10-19(20)21-12-7-13-22(24(21)26-23)25(28)27-14-3-2-4-15-27/h5-10,12-13,16,19-20,23,26H,2-4,11,14-15H2,1H3. The molecule has 2 aromatic carbocycles. The zero-order chi connectivity index (χ0) is 19.8. The first-order chi connectivity index (χ1) is 14.3. The third-order valence-corrected chi connectivity index (χ3v) is 6.72. The Morgan fingerprint density at radius 3 is 2.76 bits per heavy atom. The lowest BCUT2D eigenvalue weighted by Crippen LogP contribution is -2.37. The van der Waals surface area contributed by atoms with Crippen LogP contribution in [0.25, 0.3) is 0 Å². The quantitative estimate of drug-likeness (QED) is 0.740. The highest BCUT2D eigenvalue weighted by Gasteiger charge is 2.39. The van der Waals surface area contributed by atoms with Crippen molar-refractivity contribution in [2.75, 3.05) is 25.5 Å². The number of methoxy groups -OCH3 is 1. The highest BCUT2D eigenvalue weighted by atomic mass is 16.5. The SMILES string of the molecule is COc1cccc(C2Nc3c(C(=O)N4CCCCC4)cccc3C3C=CCC32)c1. The Balaban J connectivity index is 1.55. The summed E-state index contributed by atoms with van der Waals surface area (Å²) in [5.41, 5.74) is 4.31. The average molecular weight is 389 g/mol. The van der Waals surface area contributed by atoms with E-state index in [0.29, 0.717) is 11.8 Å². The van der Waals surface area contributed by atoms with Gasteiger partial charge in [-0.05, 0) is 60.9 Å².